The standard InChI is InChI=1S/C32H38F2N4O.C2H6/c1-7-9-10-11-28(14-12-24(4)18-23(3)8-2)35-22-29(38-26(6)16-17-37-38)19-25(5)32(39)36-21-27-13-15-30(33)31(34)20-27;1-2/h7-11,13,15-20,28,35H,2-3,5,12,14,21-22H2,1,4,6H3,(H,36,39);1-2H3/b9-7?,11-10+,24-18+,29-19-;. The van der Waals surface area contributed by atoms with E-state index in [1.165, 1.54) is 11.6 Å². The van der Waals surface area contributed by atoms with Crippen LogP contribution in [-0.2, 0) is 11.3 Å². The summed E-state index contributed by atoms with van der Waals surface area (Å²) in [6.07, 6.45) is 16.9. The summed E-state index contributed by atoms with van der Waals surface area (Å²) in [7, 11) is 0. The summed E-state index contributed by atoms with van der Waals surface area (Å²) in [5.41, 5.74) is 4.38. The largest absolute Gasteiger partial charge is 0.348 e. The van der Waals surface area contributed by atoms with Gasteiger partial charge in [-0.3, -0.25) is 4.79 Å². The summed E-state index contributed by atoms with van der Waals surface area (Å²) in [6.45, 7) is 22.1. The number of carbonyl (C=O) groups is 1. The van der Waals surface area contributed by atoms with E-state index in [0.717, 1.165) is 41.9 Å². The first-order valence-corrected chi connectivity index (χ1v) is 13.8. The van der Waals surface area contributed by atoms with Crippen molar-refractivity contribution in [3.63, 3.8) is 0 Å². The van der Waals surface area contributed by atoms with Gasteiger partial charge in [-0.25, -0.2) is 13.5 Å². The van der Waals surface area contributed by atoms with Crippen LogP contribution in [0, 0.1) is 18.6 Å². The zero-order valence-corrected chi connectivity index (χ0v) is 25.0. The van der Waals surface area contributed by atoms with Gasteiger partial charge in [-0.15, -0.1) is 0 Å². The molecule has 1 aromatic carbocycles. The molecule has 0 aliphatic heterocycles. The Kier molecular flexibility index (Phi) is 16.2. The van der Waals surface area contributed by atoms with Crippen molar-refractivity contribution in [3.8, 4) is 0 Å². The first-order valence-electron chi connectivity index (χ1n) is 13.8. The highest BCUT2D eigenvalue weighted by Gasteiger charge is 2.13. The van der Waals surface area contributed by atoms with E-state index >= 15 is 0 Å². The van der Waals surface area contributed by atoms with Crippen molar-refractivity contribution >= 4 is 11.6 Å². The minimum absolute atomic E-state index is 0.0419. The number of nitrogens with one attached hydrogen (secondary N) is 2. The van der Waals surface area contributed by atoms with E-state index in [-0.39, 0.29) is 18.2 Å². The van der Waals surface area contributed by atoms with Gasteiger partial charge in [-0.2, -0.15) is 5.10 Å². The Bertz CT molecular complexity index is 1300. The van der Waals surface area contributed by atoms with Gasteiger partial charge >= 0.3 is 0 Å². The minimum Gasteiger partial charge on any atom is -0.348 e. The molecule has 1 unspecified atom stereocenters. The van der Waals surface area contributed by atoms with Crippen molar-refractivity contribution in [2.45, 2.75) is 60.0 Å². The number of rotatable bonds is 15. The summed E-state index contributed by atoms with van der Waals surface area (Å²) >= 11 is 0. The molecule has 220 valence electrons. The normalized spacial score (nSPS) is 12.7. The molecule has 0 aliphatic carbocycles. The maximum absolute atomic E-state index is 13.5. The number of benzene rings is 1. The van der Waals surface area contributed by atoms with Gasteiger partial charge < -0.3 is 10.6 Å². The average Bonchev–Trinajstić information content (AvgIpc) is 3.40. The lowest BCUT2D eigenvalue weighted by atomic mass is 10.0. The van der Waals surface area contributed by atoms with E-state index in [0.29, 0.717) is 12.1 Å². The molecule has 2 rings (SSSR count). The highest BCUT2D eigenvalue weighted by Crippen LogP contribution is 2.14. The molecule has 1 aromatic heterocycles. The Balaban J connectivity index is 0.00000411. The summed E-state index contributed by atoms with van der Waals surface area (Å²) in [4.78, 5) is 12.7. The minimum atomic E-state index is -0.961. The second-order valence-corrected chi connectivity index (χ2v) is 9.18. The summed E-state index contributed by atoms with van der Waals surface area (Å²) in [6, 6.07) is 5.44. The molecule has 0 saturated heterocycles. The molecule has 1 heterocycles. The number of aryl methyl sites for hydroxylation is 1. The van der Waals surface area contributed by atoms with Gasteiger partial charge in [0.25, 0.3) is 5.91 Å². The molecular weight excluding hydrogens is 518 g/mol. The van der Waals surface area contributed by atoms with Gasteiger partial charge in [0.2, 0.25) is 0 Å². The van der Waals surface area contributed by atoms with Gasteiger partial charge in [0.05, 0.1) is 5.70 Å². The van der Waals surface area contributed by atoms with E-state index in [2.05, 4.69) is 48.5 Å². The number of amides is 1. The molecule has 0 saturated carbocycles. The molecule has 0 radical (unpaired) electrons. The lowest BCUT2D eigenvalue weighted by Crippen LogP contribution is -2.31. The fourth-order valence-electron chi connectivity index (χ4n) is 3.71. The topological polar surface area (TPSA) is 59.0 Å². The van der Waals surface area contributed by atoms with Crippen LogP contribution in [0.25, 0.3) is 5.70 Å². The second kappa shape index (κ2) is 19.1. The van der Waals surface area contributed by atoms with E-state index in [9.17, 15) is 13.6 Å². The highest BCUT2D eigenvalue weighted by molar-refractivity contribution is 5.96. The Morgan fingerprint density at radius 3 is 2.46 bits per heavy atom. The number of hydrogen-bond donors (Lipinski definition) is 2. The van der Waals surface area contributed by atoms with Gasteiger partial charge in [-0.05, 0) is 69.0 Å². The van der Waals surface area contributed by atoms with Crippen LogP contribution in [0.3, 0.4) is 0 Å². The molecule has 0 bridgehead atoms. The highest BCUT2D eigenvalue weighted by atomic mass is 19.2. The predicted molar refractivity (Wildman–Crippen MR) is 168 cm³/mol. The van der Waals surface area contributed by atoms with Crippen molar-refractivity contribution in [1.29, 1.82) is 0 Å². The third-order valence-electron chi connectivity index (χ3n) is 5.91. The van der Waals surface area contributed by atoms with E-state index in [4.69, 9.17) is 0 Å². The van der Waals surface area contributed by atoms with Crippen LogP contribution in [0.2, 0.25) is 0 Å². The summed E-state index contributed by atoms with van der Waals surface area (Å²) < 4.78 is 28.4. The smallest absolute Gasteiger partial charge is 0.251 e. The number of halogens is 2. The zero-order chi connectivity index (χ0) is 30.8. The van der Waals surface area contributed by atoms with E-state index < -0.39 is 17.5 Å². The molecule has 41 heavy (non-hydrogen) atoms. The number of carbonyl (C=O) groups excluding carboxylic acids is 1. The Morgan fingerprint density at radius 2 is 1.85 bits per heavy atom. The third kappa shape index (κ3) is 12.7. The van der Waals surface area contributed by atoms with Gasteiger partial charge in [-0.1, -0.05) is 81.7 Å². The molecule has 0 aliphatic rings. The van der Waals surface area contributed by atoms with Gasteiger partial charge in [0, 0.05) is 36.6 Å². The quantitative estimate of drug-likeness (QED) is 0.172. The summed E-state index contributed by atoms with van der Waals surface area (Å²) in [5, 5.41) is 10.7. The van der Waals surface area contributed by atoms with Crippen LogP contribution < -0.4 is 10.6 Å². The molecule has 0 spiro atoms. The van der Waals surface area contributed by atoms with Crippen molar-refractivity contribution in [3.05, 3.63) is 132 Å². The Labute approximate surface area is 244 Å². The Morgan fingerprint density at radius 1 is 1.12 bits per heavy atom. The maximum atomic E-state index is 13.5. The van der Waals surface area contributed by atoms with Crippen LogP contribution in [0.4, 0.5) is 8.78 Å². The molecule has 7 heteroatoms. The Hall–Kier alpha value is -4.10. The SMILES string of the molecule is C=CC(=C)/C=C(\C)CCC(/C=C/C=CC)NC/C(=C/C(=C)C(=O)NCc1ccc(F)c(F)c1)n1nccc1C.CC. The van der Waals surface area contributed by atoms with Gasteiger partial charge in [0.15, 0.2) is 11.6 Å². The van der Waals surface area contributed by atoms with Crippen molar-refractivity contribution in [2.24, 2.45) is 0 Å². The molecule has 1 amide bonds. The first kappa shape index (κ1) is 34.9. The molecular formula is C34H44F2N4O. The predicted octanol–water partition coefficient (Wildman–Crippen LogP) is 7.77. The number of nitrogens with zero attached hydrogens (tertiary/aromatic N) is 2. The van der Waals surface area contributed by atoms with Crippen LogP contribution in [0.15, 0.2) is 109 Å². The van der Waals surface area contributed by atoms with E-state index in [1.54, 1.807) is 23.0 Å². The van der Waals surface area contributed by atoms with Crippen LogP contribution in [-0.4, -0.2) is 28.3 Å². The number of allylic oxidation sites excluding steroid dienone is 7. The van der Waals surface area contributed by atoms with Crippen molar-refractivity contribution < 1.29 is 13.6 Å². The zero-order valence-electron chi connectivity index (χ0n) is 25.0. The molecule has 0 fully saturated rings. The van der Waals surface area contributed by atoms with Crippen LogP contribution in [0.1, 0.15) is 51.8 Å². The molecule has 2 aromatic rings. The van der Waals surface area contributed by atoms with Crippen molar-refractivity contribution in [1.82, 2.24) is 20.4 Å². The molecule has 1 atom stereocenters. The van der Waals surface area contributed by atoms with Crippen molar-refractivity contribution in [2.75, 3.05) is 6.54 Å². The third-order valence-corrected chi connectivity index (χ3v) is 5.91. The van der Waals surface area contributed by atoms with Crippen LogP contribution >= 0.6 is 0 Å². The fourth-order valence-corrected chi connectivity index (χ4v) is 3.71. The number of aromatic nitrogens is 2. The maximum Gasteiger partial charge on any atom is 0.251 e. The van der Waals surface area contributed by atoms with E-state index in [1.807, 2.05) is 58.1 Å². The molecule has 5 nitrogen and oxygen atoms in total. The second-order valence-electron chi connectivity index (χ2n) is 9.18. The monoisotopic (exact) mass is 562 g/mol. The van der Waals surface area contributed by atoms with Crippen LogP contribution in [0.5, 0.6) is 0 Å². The lowest BCUT2D eigenvalue weighted by molar-refractivity contribution is -0.117. The summed E-state index contributed by atoms with van der Waals surface area (Å²) in [5.74, 6) is -2.32. The number of hydrogen-bond acceptors (Lipinski definition) is 3. The van der Waals surface area contributed by atoms with Gasteiger partial charge in [0.1, 0.15) is 0 Å². The molecule has 2 N–H and O–H groups in total. The average molecular weight is 563 g/mol. The first-order chi connectivity index (χ1) is 19.6. The lowest BCUT2D eigenvalue weighted by Gasteiger charge is -2.18. The fraction of sp³-hybridized carbons (Fsp3) is 0.294.